The number of hydrogen-bond acceptors (Lipinski definition) is 4. The molecule has 0 aromatic carbocycles. The fourth-order valence-corrected chi connectivity index (χ4v) is 0.767. The molecule has 0 unspecified atom stereocenters. The highest BCUT2D eigenvalue weighted by atomic mass is 16.5. The van der Waals surface area contributed by atoms with Crippen molar-refractivity contribution in [2.24, 2.45) is 0 Å². The van der Waals surface area contributed by atoms with Crippen LogP contribution in [-0.2, 0) is 4.74 Å². The molecule has 1 aromatic heterocycles. The van der Waals surface area contributed by atoms with E-state index in [2.05, 4.69) is 5.16 Å². The van der Waals surface area contributed by atoms with Gasteiger partial charge >= 0.3 is 5.97 Å². The summed E-state index contributed by atoms with van der Waals surface area (Å²) < 4.78 is 9.59. The van der Waals surface area contributed by atoms with E-state index in [1.165, 1.54) is 6.20 Å². The first-order chi connectivity index (χ1) is 5.75. The number of rotatable bonds is 3. The van der Waals surface area contributed by atoms with Crippen molar-refractivity contribution in [3.63, 3.8) is 0 Å². The summed E-state index contributed by atoms with van der Waals surface area (Å²) in [6, 6.07) is 0. The number of hydrogen-bond donors (Lipinski definition) is 0. The molecule has 0 N–H and O–H groups in total. The molecule has 1 heterocycles. The highest BCUT2D eigenvalue weighted by Crippen LogP contribution is 2.07. The van der Waals surface area contributed by atoms with Crippen molar-refractivity contribution in [1.29, 1.82) is 0 Å². The molecule has 0 aliphatic heterocycles. The normalized spacial score (nSPS) is 9.83. The van der Waals surface area contributed by atoms with Crippen LogP contribution in [-0.4, -0.2) is 17.7 Å². The van der Waals surface area contributed by atoms with Gasteiger partial charge in [-0.25, -0.2) is 4.79 Å². The highest BCUT2D eigenvalue weighted by Gasteiger charge is 2.13. The van der Waals surface area contributed by atoms with E-state index in [9.17, 15) is 4.79 Å². The largest absolute Gasteiger partial charge is 0.462 e. The van der Waals surface area contributed by atoms with Crippen molar-refractivity contribution < 1.29 is 14.1 Å². The Hall–Kier alpha value is -1.32. The van der Waals surface area contributed by atoms with Gasteiger partial charge in [0.1, 0.15) is 11.3 Å². The molecule has 4 nitrogen and oxygen atoms in total. The first kappa shape index (κ1) is 8.77. The van der Waals surface area contributed by atoms with E-state index >= 15 is 0 Å². The molecule has 0 amide bonds. The first-order valence-electron chi connectivity index (χ1n) is 3.84. The Morgan fingerprint density at radius 3 is 3.00 bits per heavy atom. The Balaban J connectivity index is 2.59. The average Bonchev–Trinajstić information content (AvgIpc) is 2.47. The number of ether oxygens (including phenoxy) is 1. The second-order valence-corrected chi connectivity index (χ2v) is 2.43. The lowest BCUT2D eigenvalue weighted by atomic mass is 10.3. The van der Waals surface area contributed by atoms with Gasteiger partial charge in [0.05, 0.1) is 12.8 Å². The van der Waals surface area contributed by atoms with Crippen LogP contribution in [0.1, 0.15) is 29.5 Å². The molecular formula is C8H11NO3. The van der Waals surface area contributed by atoms with Crippen LogP contribution in [0.25, 0.3) is 0 Å². The van der Waals surface area contributed by atoms with Crippen LogP contribution in [0.3, 0.4) is 0 Å². The summed E-state index contributed by atoms with van der Waals surface area (Å²) in [7, 11) is 0. The summed E-state index contributed by atoms with van der Waals surface area (Å²) in [6.45, 7) is 4.05. The molecule has 1 aromatic rings. The number of carbonyl (C=O) groups excluding carboxylic acids is 1. The third-order valence-electron chi connectivity index (χ3n) is 1.41. The molecule has 0 spiro atoms. The number of carbonyl (C=O) groups is 1. The average molecular weight is 169 g/mol. The Kier molecular flexibility index (Phi) is 2.85. The van der Waals surface area contributed by atoms with E-state index in [1.807, 2.05) is 6.92 Å². The lowest BCUT2D eigenvalue weighted by Gasteiger charge is -1.99. The van der Waals surface area contributed by atoms with Gasteiger partial charge in [-0.3, -0.25) is 0 Å². The van der Waals surface area contributed by atoms with Gasteiger partial charge in [0.15, 0.2) is 0 Å². The molecular weight excluding hydrogens is 158 g/mol. The molecule has 0 aliphatic carbocycles. The predicted octanol–water partition coefficient (Wildman–Crippen LogP) is 1.55. The van der Waals surface area contributed by atoms with Crippen LogP contribution in [0, 0.1) is 6.92 Å². The number of aryl methyl sites for hydroxylation is 1. The van der Waals surface area contributed by atoms with Crippen molar-refractivity contribution >= 4 is 5.97 Å². The van der Waals surface area contributed by atoms with Crippen molar-refractivity contribution in [1.82, 2.24) is 5.16 Å². The molecule has 0 fully saturated rings. The van der Waals surface area contributed by atoms with Gasteiger partial charge in [-0.05, 0) is 13.3 Å². The van der Waals surface area contributed by atoms with Crippen LogP contribution >= 0.6 is 0 Å². The zero-order valence-corrected chi connectivity index (χ0v) is 7.16. The van der Waals surface area contributed by atoms with E-state index in [-0.39, 0.29) is 5.97 Å². The first-order valence-corrected chi connectivity index (χ1v) is 3.84. The number of aromatic nitrogens is 1. The van der Waals surface area contributed by atoms with E-state index in [4.69, 9.17) is 9.26 Å². The smallest absolute Gasteiger partial charge is 0.343 e. The second kappa shape index (κ2) is 3.90. The summed E-state index contributed by atoms with van der Waals surface area (Å²) in [5.74, 6) is 0.131. The maximum Gasteiger partial charge on any atom is 0.343 e. The minimum absolute atomic E-state index is 0.365. The number of esters is 1. The van der Waals surface area contributed by atoms with Crippen LogP contribution in [0.4, 0.5) is 0 Å². The predicted molar refractivity (Wildman–Crippen MR) is 41.8 cm³/mol. The molecule has 66 valence electrons. The molecule has 0 saturated heterocycles. The quantitative estimate of drug-likeness (QED) is 0.644. The van der Waals surface area contributed by atoms with Gasteiger partial charge in [-0.15, -0.1) is 0 Å². The fourth-order valence-electron chi connectivity index (χ4n) is 0.767. The van der Waals surface area contributed by atoms with E-state index in [0.717, 1.165) is 6.42 Å². The van der Waals surface area contributed by atoms with Crippen molar-refractivity contribution in [2.45, 2.75) is 20.3 Å². The van der Waals surface area contributed by atoms with Crippen molar-refractivity contribution in [3.05, 3.63) is 17.5 Å². The molecule has 0 bridgehead atoms. The van der Waals surface area contributed by atoms with Crippen LogP contribution in [0.5, 0.6) is 0 Å². The lowest BCUT2D eigenvalue weighted by molar-refractivity contribution is 0.0503. The molecule has 0 saturated carbocycles. The van der Waals surface area contributed by atoms with Gasteiger partial charge in [0.2, 0.25) is 0 Å². The lowest BCUT2D eigenvalue weighted by Crippen LogP contribution is -2.05. The van der Waals surface area contributed by atoms with Gasteiger partial charge in [-0.1, -0.05) is 12.1 Å². The van der Waals surface area contributed by atoms with Gasteiger partial charge < -0.3 is 9.26 Å². The Bertz CT molecular complexity index is 267. The van der Waals surface area contributed by atoms with Gasteiger partial charge in [-0.2, -0.15) is 0 Å². The van der Waals surface area contributed by atoms with Gasteiger partial charge in [0.25, 0.3) is 0 Å². The Morgan fingerprint density at radius 2 is 2.50 bits per heavy atom. The minimum atomic E-state index is -0.365. The van der Waals surface area contributed by atoms with Crippen LogP contribution in [0.2, 0.25) is 0 Å². The maximum atomic E-state index is 11.2. The summed E-state index contributed by atoms with van der Waals surface area (Å²) in [4.78, 5) is 11.2. The van der Waals surface area contributed by atoms with Crippen molar-refractivity contribution in [2.75, 3.05) is 6.61 Å². The minimum Gasteiger partial charge on any atom is -0.462 e. The third-order valence-corrected chi connectivity index (χ3v) is 1.41. The van der Waals surface area contributed by atoms with Crippen LogP contribution < -0.4 is 0 Å². The zero-order chi connectivity index (χ0) is 8.97. The molecule has 4 heteroatoms. The van der Waals surface area contributed by atoms with Gasteiger partial charge in [0, 0.05) is 0 Å². The topological polar surface area (TPSA) is 52.3 Å². The Labute approximate surface area is 70.5 Å². The van der Waals surface area contributed by atoms with Crippen LogP contribution in [0.15, 0.2) is 10.7 Å². The SMILES string of the molecule is CCCOC(=O)c1cnoc1C. The molecule has 0 aliphatic rings. The molecule has 1 rings (SSSR count). The zero-order valence-electron chi connectivity index (χ0n) is 7.16. The van der Waals surface area contributed by atoms with E-state index < -0.39 is 0 Å². The fraction of sp³-hybridized carbons (Fsp3) is 0.500. The summed E-state index contributed by atoms with van der Waals surface area (Å²) in [6.07, 6.45) is 2.18. The Morgan fingerprint density at radius 1 is 1.75 bits per heavy atom. The summed E-state index contributed by atoms with van der Waals surface area (Å²) in [5, 5.41) is 3.48. The molecule has 0 atom stereocenters. The van der Waals surface area contributed by atoms with E-state index in [1.54, 1.807) is 6.92 Å². The third kappa shape index (κ3) is 1.84. The maximum absolute atomic E-state index is 11.2. The number of nitrogens with zero attached hydrogens (tertiary/aromatic N) is 1. The molecule has 0 radical (unpaired) electrons. The van der Waals surface area contributed by atoms with E-state index in [0.29, 0.717) is 17.9 Å². The monoisotopic (exact) mass is 169 g/mol. The standard InChI is InChI=1S/C8H11NO3/c1-3-4-11-8(10)7-5-9-12-6(7)2/h5H,3-4H2,1-2H3. The summed E-state index contributed by atoms with van der Waals surface area (Å²) in [5.41, 5.74) is 0.406. The second-order valence-electron chi connectivity index (χ2n) is 2.43. The summed E-state index contributed by atoms with van der Waals surface area (Å²) >= 11 is 0. The van der Waals surface area contributed by atoms with Crippen molar-refractivity contribution in [3.8, 4) is 0 Å². The molecule has 12 heavy (non-hydrogen) atoms. The highest BCUT2D eigenvalue weighted by molar-refractivity contribution is 5.89.